The molecule has 30 heavy (non-hydrogen) atoms. The van der Waals surface area contributed by atoms with Gasteiger partial charge in [-0.2, -0.15) is 0 Å². The van der Waals surface area contributed by atoms with E-state index in [0.717, 1.165) is 0 Å². The third kappa shape index (κ3) is 4.26. The maximum absolute atomic E-state index is 2.57. The Morgan fingerprint density at radius 2 is 1.23 bits per heavy atom. The summed E-state index contributed by atoms with van der Waals surface area (Å²) < 4.78 is 0. The summed E-state index contributed by atoms with van der Waals surface area (Å²) in [5, 5.41) is 4.37. The number of halogens is 2. The summed E-state index contributed by atoms with van der Waals surface area (Å²) in [5.41, 5.74) is 9.61. The predicted molar refractivity (Wildman–Crippen MR) is 123 cm³/mol. The van der Waals surface area contributed by atoms with Crippen LogP contribution in [0.25, 0.3) is 21.9 Å². The molecule has 4 heteroatoms. The molecule has 0 nitrogen and oxygen atoms in total. The van der Waals surface area contributed by atoms with Crippen molar-refractivity contribution in [3.63, 3.8) is 0 Å². The van der Waals surface area contributed by atoms with Crippen molar-refractivity contribution in [3.05, 3.63) is 83.0 Å². The fourth-order valence-electron chi connectivity index (χ4n) is 5.23. The average Bonchev–Trinajstić information content (AvgIpc) is 3.15. The molecule has 0 bridgehead atoms. The maximum atomic E-state index is 2.57. The number of hydrogen-bond acceptors (Lipinski definition) is 0. The molecule has 155 valence electrons. The molecule has 3 aromatic carbocycles. The first-order valence-electron chi connectivity index (χ1n) is 9.93. The molecular formula is C26H29Cl2SiZr. The van der Waals surface area contributed by atoms with Gasteiger partial charge < -0.3 is 24.8 Å². The van der Waals surface area contributed by atoms with E-state index in [0.29, 0.717) is 5.54 Å². The van der Waals surface area contributed by atoms with Crippen molar-refractivity contribution in [1.82, 2.24) is 0 Å². The van der Waals surface area contributed by atoms with E-state index in [1.807, 2.05) is 0 Å². The Bertz CT molecular complexity index is 1070. The Morgan fingerprint density at radius 1 is 0.733 bits per heavy atom. The molecule has 0 amide bonds. The van der Waals surface area contributed by atoms with E-state index in [4.69, 9.17) is 0 Å². The topological polar surface area (TPSA) is 0 Å². The van der Waals surface area contributed by atoms with Gasteiger partial charge in [-0.15, -0.1) is 45.8 Å². The standard InChI is InChI=1S/C26H29Si.2ClH.Zr/c1-17-18(2)20(4)26(19(17)3)27(5,6)24-16-22-14-10-11-15-23(22)25(24)21-12-8-7-9-13-21;;;/h7-16,26H,1-6H3;2*1H;/q-1;;;+3/p-2. The third-order valence-electron chi connectivity index (χ3n) is 6.89. The molecule has 0 spiro atoms. The van der Waals surface area contributed by atoms with Crippen molar-refractivity contribution >= 4 is 24.0 Å². The largest absolute Gasteiger partial charge is 3.00 e. The smallest absolute Gasteiger partial charge is 1.00 e. The number of allylic oxidation sites excluding steroid dienone is 4. The van der Waals surface area contributed by atoms with Crippen LogP contribution in [0.3, 0.4) is 0 Å². The second-order valence-electron chi connectivity index (χ2n) is 8.66. The first-order valence-corrected chi connectivity index (χ1v) is 13.0. The van der Waals surface area contributed by atoms with E-state index in [9.17, 15) is 0 Å². The third-order valence-corrected chi connectivity index (χ3v) is 11.0. The monoisotopic (exact) mass is 529 g/mol. The summed E-state index contributed by atoms with van der Waals surface area (Å²) >= 11 is 0. The molecule has 0 saturated carbocycles. The van der Waals surface area contributed by atoms with E-state index >= 15 is 0 Å². The Hall–Kier alpha value is -0.790. The molecule has 0 aliphatic heterocycles. The Balaban J connectivity index is 0.00000150. The second kappa shape index (κ2) is 10.2. The summed E-state index contributed by atoms with van der Waals surface area (Å²) in [5.74, 6) is 0. The zero-order valence-electron chi connectivity index (χ0n) is 18.6. The summed E-state index contributed by atoms with van der Waals surface area (Å²) in [4.78, 5) is 0. The van der Waals surface area contributed by atoms with Gasteiger partial charge in [-0.25, -0.2) is 0 Å². The molecule has 0 unspecified atom stereocenters. The van der Waals surface area contributed by atoms with E-state index < -0.39 is 8.07 Å². The average molecular weight is 532 g/mol. The minimum Gasteiger partial charge on any atom is -1.00 e. The molecule has 1 aliphatic rings. The first kappa shape index (κ1) is 27.2. The van der Waals surface area contributed by atoms with E-state index in [2.05, 4.69) is 101 Å². The molecule has 4 rings (SSSR count). The van der Waals surface area contributed by atoms with Crippen LogP contribution in [0.2, 0.25) is 18.6 Å². The van der Waals surface area contributed by atoms with Gasteiger partial charge in [0.25, 0.3) is 0 Å². The maximum Gasteiger partial charge on any atom is 3.00 e. The quantitative estimate of drug-likeness (QED) is 0.352. The van der Waals surface area contributed by atoms with Crippen molar-refractivity contribution in [2.24, 2.45) is 0 Å². The van der Waals surface area contributed by atoms with Crippen molar-refractivity contribution < 1.29 is 51.0 Å². The fourth-order valence-corrected chi connectivity index (χ4v) is 9.59. The molecular weight excluding hydrogens is 503 g/mol. The van der Waals surface area contributed by atoms with Crippen molar-refractivity contribution in [1.29, 1.82) is 0 Å². The van der Waals surface area contributed by atoms with Gasteiger partial charge in [-0.05, 0) is 44.4 Å². The molecule has 0 atom stereocenters. The Labute approximate surface area is 214 Å². The molecule has 0 N–H and O–H groups in total. The van der Waals surface area contributed by atoms with Crippen LogP contribution < -0.4 is 30.0 Å². The van der Waals surface area contributed by atoms with Crippen LogP contribution >= 0.6 is 0 Å². The van der Waals surface area contributed by atoms with Crippen LogP contribution in [0, 0.1) is 0 Å². The van der Waals surface area contributed by atoms with Crippen LogP contribution in [0.4, 0.5) is 0 Å². The number of rotatable bonds is 3. The van der Waals surface area contributed by atoms with Gasteiger partial charge in [0.05, 0.1) is 8.07 Å². The van der Waals surface area contributed by atoms with E-state index in [1.54, 1.807) is 16.3 Å². The van der Waals surface area contributed by atoms with Crippen molar-refractivity contribution in [2.45, 2.75) is 46.3 Å². The van der Waals surface area contributed by atoms with Gasteiger partial charge in [0.15, 0.2) is 0 Å². The zero-order valence-corrected chi connectivity index (χ0v) is 23.6. The fraction of sp³-hybridized carbons (Fsp3) is 0.269. The molecule has 1 aliphatic carbocycles. The van der Waals surface area contributed by atoms with E-state index in [1.165, 1.54) is 33.0 Å². The number of benzene rings is 2. The van der Waals surface area contributed by atoms with Gasteiger partial charge in [-0.3, -0.25) is 0 Å². The number of hydrogen-bond donors (Lipinski definition) is 0. The van der Waals surface area contributed by atoms with Crippen LogP contribution in [0.5, 0.6) is 0 Å². The predicted octanol–water partition coefficient (Wildman–Crippen LogP) is 1.20. The molecule has 0 aromatic heterocycles. The van der Waals surface area contributed by atoms with Crippen molar-refractivity contribution in [2.75, 3.05) is 0 Å². The molecule has 3 aromatic rings. The van der Waals surface area contributed by atoms with Gasteiger partial charge in [-0.1, -0.05) is 66.2 Å². The summed E-state index contributed by atoms with van der Waals surface area (Å²) in [6.45, 7) is 14.5. The Morgan fingerprint density at radius 3 is 1.80 bits per heavy atom. The SMILES string of the molecule is CC1=C(C)C([Si](C)(C)c2[cH-]c3ccccc3c2-c2ccccc2)C(C)=C1C.[Cl-].[Cl-].[Zr+3]. The summed E-state index contributed by atoms with van der Waals surface area (Å²) in [6, 6.07) is 22.4. The van der Waals surface area contributed by atoms with Crippen LogP contribution in [-0.4, -0.2) is 8.07 Å². The normalized spacial score (nSPS) is 14.5. The number of fused-ring (bicyclic) bond motifs is 1. The minimum atomic E-state index is -1.78. The van der Waals surface area contributed by atoms with Crippen LogP contribution in [0.15, 0.2) is 83.0 Å². The summed E-state index contributed by atoms with van der Waals surface area (Å²) in [7, 11) is -1.78. The van der Waals surface area contributed by atoms with Crippen LogP contribution in [0.1, 0.15) is 27.7 Å². The van der Waals surface area contributed by atoms with Gasteiger partial charge >= 0.3 is 26.2 Å². The minimum absolute atomic E-state index is 0. The zero-order chi connectivity index (χ0) is 19.3. The van der Waals surface area contributed by atoms with Crippen LogP contribution in [-0.2, 0) is 26.2 Å². The van der Waals surface area contributed by atoms with E-state index in [-0.39, 0.29) is 51.0 Å². The molecule has 1 radical (unpaired) electrons. The summed E-state index contributed by atoms with van der Waals surface area (Å²) in [6.07, 6.45) is 0. The van der Waals surface area contributed by atoms with Crippen molar-refractivity contribution in [3.8, 4) is 11.1 Å². The Kier molecular flexibility index (Phi) is 9.28. The molecule has 0 saturated heterocycles. The van der Waals surface area contributed by atoms with Gasteiger partial charge in [0.1, 0.15) is 0 Å². The second-order valence-corrected chi connectivity index (χ2v) is 13.2. The molecule has 0 fully saturated rings. The van der Waals surface area contributed by atoms with Gasteiger partial charge in [0.2, 0.25) is 0 Å². The molecule has 0 heterocycles. The van der Waals surface area contributed by atoms with Gasteiger partial charge in [0, 0.05) is 0 Å². The first-order chi connectivity index (χ1) is 12.8.